The van der Waals surface area contributed by atoms with Crippen LogP contribution in [0.15, 0.2) is 46.9 Å². The molecule has 6 heteroatoms. The van der Waals surface area contributed by atoms with Gasteiger partial charge in [-0.2, -0.15) is 0 Å². The Bertz CT molecular complexity index is 669. The molecule has 20 heavy (non-hydrogen) atoms. The molecule has 0 aliphatic heterocycles. The molecule has 0 atom stereocenters. The van der Waals surface area contributed by atoms with Crippen molar-refractivity contribution in [3.63, 3.8) is 0 Å². The van der Waals surface area contributed by atoms with E-state index in [-0.39, 0.29) is 11.6 Å². The molecule has 2 rings (SSSR count). The number of nitro benzene ring substituents is 1. The minimum absolute atomic E-state index is 0.0116. The van der Waals surface area contributed by atoms with Crippen molar-refractivity contribution in [2.45, 2.75) is 6.92 Å². The second-order valence-electron chi connectivity index (χ2n) is 4.22. The molecule has 1 N–H and O–H groups in total. The molecule has 0 aliphatic carbocycles. The van der Waals surface area contributed by atoms with Gasteiger partial charge in [-0.05, 0) is 42.8 Å². The highest BCUT2D eigenvalue weighted by Crippen LogP contribution is 2.19. The first kappa shape index (κ1) is 14.2. The third-order valence-electron chi connectivity index (χ3n) is 2.76. The predicted molar refractivity (Wildman–Crippen MR) is 79.9 cm³/mol. The average molecular weight is 335 g/mol. The van der Waals surface area contributed by atoms with Gasteiger partial charge in [0.2, 0.25) is 0 Å². The summed E-state index contributed by atoms with van der Waals surface area (Å²) >= 11 is 3.37. The summed E-state index contributed by atoms with van der Waals surface area (Å²) in [6, 6.07) is 11.0. The van der Waals surface area contributed by atoms with Crippen LogP contribution in [0.2, 0.25) is 0 Å². The van der Waals surface area contributed by atoms with E-state index in [1.54, 1.807) is 18.2 Å². The lowest BCUT2D eigenvalue weighted by Crippen LogP contribution is -2.12. The number of carbonyl (C=O) groups is 1. The van der Waals surface area contributed by atoms with Gasteiger partial charge in [-0.15, -0.1) is 0 Å². The van der Waals surface area contributed by atoms with Gasteiger partial charge in [0.15, 0.2) is 0 Å². The second kappa shape index (κ2) is 5.83. The van der Waals surface area contributed by atoms with E-state index < -0.39 is 4.92 Å². The van der Waals surface area contributed by atoms with Crippen molar-refractivity contribution in [2.24, 2.45) is 0 Å². The van der Waals surface area contributed by atoms with Crippen molar-refractivity contribution in [2.75, 3.05) is 5.32 Å². The Hall–Kier alpha value is -2.21. The molecule has 0 bridgehead atoms. The quantitative estimate of drug-likeness (QED) is 0.683. The number of nitro groups is 1. The zero-order valence-corrected chi connectivity index (χ0v) is 12.2. The van der Waals surface area contributed by atoms with Crippen LogP contribution in [0, 0.1) is 17.0 Å². The van der Waals surface area contributed by atoms with Gasteiger partial charge in [0.25, 0.3) is 11.6 Å². The highest BCUT2D eigenvalue weighted by Gasteiger charge is 2.09. The first-order valence-corrected chi connectivity index (χ1v) is 6.58. The standard InChI is InChI=1S/C14H11BrN2O3/c1-9-8-10(2-7-13(9)15)14(18)16-11-3-5-12(6-4-11)17(19)20/h2-8H,1H3,(H,16,18). The number of benzene rings is 2. The normalized spacial score (nSPS) is 10.1. The summed E-state index contributed by atoms with van der Waals surface area (Å²) in [5.41, 5.74) is 1.99. The van der Waals surface area contributed by atoms with E-state index in [0.717, 1.165) is 10.0 Å². The first-order chi connectivity index (χ1) is 9.47. The molecule has 0 saturated carbocycles. The van der Waals surface area contributed by atoms with E-state index in [0.29, 0.717) is 11.3 Å². The van der Waals surface area contributed by atoms with Gasteiger partial charge in [0.05, 0.1) is 4.92 Å². The van der Waals surface area contributed by atoms with Gasteiger partial charge in [0, 0.05) is 27.9 Å². The van der Waals surface area contributed by atoms with Crippen LogP contribution in [0.5, 0.6) is 0 Å². The Morgan fingerprint density at radius 2 is 1.85 bits per heavy atom. The van der Waals surface area contributed by atoms with Gasteiger partial charge < -0.3 is 5.32 Å². The molecular weight excluding hydrogens is 324 g/mol. The number of anilines is 1. The Balaban J connectivity index is 2.14. The number of non-ortho nitro benzene ring substituents is 1. The van der Waals surface area contributed by atoms with E-state index in [1.165, 1.54) is 24.3 Å². The lowest BCUT2D eigenvalue weighted by molar-refractivity contribution is -0.384. The molecule has 0 heterocycles. The van der Waals surface area contributed by atoms with Crippen LogP contribution < -0.4 is 5.32 Å². The van der Waals surface area contributed by atoms with Crippen LogP contribution in [0.25, 0.3) is 0 Å². The molecule has 2 aromatic carbocycles. The minimum Gasteiger partial charge on any atom is -0.322 e. The van der Waals surface area contributed by atoms with Crippen LogP contribution in [0.4, 0.5) is 11.4 Å². The minimum atomic E-state index is -0.482. The molecule has 0 spiro atoms. The Morgan fingerprint density at radius 1 is 1.20 bits per heavy atom. The maximum atomic E-state index is 12.0. The fraction of sp³-hybridized carbons (Fsp3) is 0.0714. The maximum Gasteiger partial charge on any atom is 0.269 e. The van der Waals surface area contributed by atoms with Crippen molar-refractivity contribution in [1.82, 2.24) is 0 Å². The van der Waals surface area contributed by atoms with Gasteiger partial charge >= 0.3 is 0 Å². The molecule has 5 nitrogen and oxygen atoms in total. The summed E-state index contributed by atoms with van der Waals surface area (Å²) in [7, 11) is 0. The van der Waals surface area contributed by atoms with E-state index in [9.17, 15) is 14.9 Å². The summed E-state index contributed by atoms with van der Waals surface area (Å²) < 4.78 is 0.935. The Labute approximate surface area is 123 Å². The van der Waals surface area contributed by atoms with Gasteiger partial charge in [-0.1, -0.05) is 15.9 Å². The number of halogens is 1. The topological polar surface area (TPSA) is 72.2 Å². The van der Waals surface area contributed by atoms with Crippen molar-refractivity contribution in [3.8, 4) is 0 Å². The number of carbonyl (C=O) groups excluding carboxylic acids is 1. The fourth-order valence-electron chi connectivity index (χ4n) is 1.66. The molecule has 0 saturated heterocycles. The van der Waals surface area contributed by atoms with Crippen molar-refractivity contribution in [1.29, 1.82) is 0 Å². The SMILES string of the molecule is Cc1cc(C(=O)Nc2ccc([N+](=O)[O-])cc2)ccc1Br. The predicted octanol–water partition coefficient (Wildman–Crippen LogP) is 3.92. The van der Waals surface area contributed by atoms with Crippen molar-refractivity contribution < 1.29 is 9.72 Å². The van der Waals surface area contributed by atoms with Crippen LogP contribution in [0.1, 0.15) is 15.9 Å². The molecule has 0 aromatic heterocycles. The highest BCUT2D eigenvalue weighted by molar-refractivity contribution is 9.10. The molecule has 0 unspecified atom stereocenters. The number of hydrogen-bond donors (Lipinski definition) is 1. The van der Waals surface area contributed by atoms with Crippen LogP contribution >= 0.6 is 15.9 Å². The molecule has 2 aromatic rings. The molecule has 0 fully saturated rings. The summed E-state index contributed by atoms with van der Waals surface area (Å²) in [6.07, 6.45) is 0. The summed E-state index contributed by atoms with van der Waals surface area (Å²) in [4.78, 5) is 22.1. The zero-order chi connectivity index (χ0) is 14.7. The number of rotatable bonds is 3. The monoisotopic (exact) mass is 334 g/mol. The first-order valence-electron chi connectivity index (χ1n) is 5.79. The molecule has 0 aliphatic rings. The Morgan fingerprint density at radius 3 is 2.40 bits per heavy atom. The third kappa shape index (κ3) is 3.21. The van der Waals surface area contributed by atoms with Gasteiger partial charge in [-0.3, -0.25) is 14.9 Å². The number of hydrogen-bond acceptors (Lipinski definition) is 3. The summed E-state index contributed by atoms with van der Waals surface area (Å²) in [5.74, 6) is -0.255. The Kier molecular flexibility index (Phi) is 4.14. The zero-order valence-electron chi connectivity index (χ0n) is 10.6. The smallest absolute Gasteiger partial charge is 0.269 e. The van der Waals surface area contributed by atoms with E-state index in [4.69, 9.17) is 0 Å². The summed E-state index contributed by atoms with van der Waals surface area (Å²) in [5, 5.41) is 13.2. The largest absolute Gasteiger partial charge is 0.322 e. The number of nitrogens with zero attached hydrogens (tertiary/aromatic N) is 1. The average Bonchev–Trinajstić information content (AvgIpc) is 2.42. The van der Waals surface area contributed by atoms with E-state index in [1.807, 2.05) is 6.92 Å². The van der Waals surface area contributed by atoms with Crippen molar-refractivity contribution in [3.05, 3.63) is 68.2 Å². The van der Waals surface area contributed by atoms with Crippen LogP contribution in [-0.2, 0) is 0 Å². The number of aryl methyl sites for hydroxylation is 1. The lowest BCUT2D eigenvalue weighted by atomic mass is 10.1. The highest BCUT2D eigenvalue weighted by atomic mass is 79.9. The van der Waals surface area contributed by atoms with Crippen molar-refractivity contribution >= 4 is 33.2 Å². The number of nitrogens with one attached hydrogen (secondary N) is 1. The molecule has 0 radical (unpaired) electrons. The van der Waals surface area contributed by atoms with Gasteiger partial charge in [0.1, 0.15) is 0 Å². The number of amides is 1. The second-order valence-corrected chi connectivity index (χ2v) is 5.08. The molecule has 102 valence electrons. The molecular formula is C14H11BrN2O3. The van der Waals surface area contributed by atoms with E-state index in [2.05, 4.69) is 21.2 Å². The van der Waals surface area contributed by atoms with Gasteiger partial charge in [-0.25, -0.2) is 0 Å². The van der Waals surface area contributed by atoms with E-state index >= 15 is 0 Å². The molecule has 1 amide bonds. The van der Waals surface area contributed by atoms with Crippen LogP contribution in [-0.4, -0.2) is 10.8 Å². The third-order valence-corrected chi connectivity index (χ3v) is 3.65. The fourth-order valence-corrected chi connectivity index (χ4v) is 1.90. The summed E-state index contributed by atoms with van der Waals surface area (Å²) in [6.45, 7) is 1.90. The maximum absolute atomic E-state index is 12.0. The van der Waals surface area contributed by atoms with Crippen LogP contribution in [0.3, 0.4) is 0 Å². The lowest BCUT2D eigenvalue weighted by Gasteiger charge is -2.06.